The molecule has 1 atom stereocenters. The van der Waals surface area contributed by atoms with Crippen LogP contribution in [0.15, 0.2) is 18.5 Å². The number of rotatable bonds is 5. The largest absolute Gasteiger partial charge is 0.481 e. The van der Waals surface area contributed by atoms with Gasteiger partial charge >= 0.3 is 5.97 Å². The number of nitrogens with zero attached hydrogens (tertiary/aromatic N) is 2. The van der Waals surface area contributed by atoms with E-state index in [0.717, 1.165) is 0 Å². The van der Waals surface area contributed by atoms with Gasteiger partial charge in [-0.1, -0.05) is 0 Å². The minimum atomic E-state index is -0.906. The number of piperidine rings is 1. The summed E-state index contributed by atoms with van der Waals surface area (Å²) in [7, 11) is 1.57. The molecule has 1 fully saturated rings. The maximum absolute atomic E-state index is 12.8. The number of aliphatic carboxylic acids is 1. The number of amides is 1. The highest BCUT2D eigenvalue weighted by Crippen LogP contribution is 2.34. The Morgan fingerprint density at radius 1 is 1.38 bits per heavy atom. The average Bonchev–Trinajstić information content (AvgIpc) is 3.02. The molecular weight excluding hydrogens is 308 g/mol. The maximum atomic E-state index is 12.8. The standard InChI is InChI=1S/C18H28N2O4/c1-17(2,3)20-10-6-14(12-20)15(21)19-9-5-7-18(13-19,16(22)23)8-11-24-4/h6,10,12H,5,7-9,11,13H2,1-4H3,(H,22,23)/t18-/m0/s1. The molecule has 1 aliphatic heterocycles. The third-order valence-electron chi connectivity index (χ3n) is 4.82. The Bertz CT molecular complexity index is 602. The molecule has 2 heterocycles. The van der Waals surface area contributed by atoms with Gasteiger partial charge in [-0.15, -0.1) is 0 Å². The van der Waals surface area contributed by atoms with Crippen LogP contribution in [0.1, 0.15) is 50.4 Å². The van der Waals surface area contributed by atoms with E-state index in [1.807, 2.05) is 17.0 Å². The van der Waals surface area contributed by atoms with Crippen molar-refractivity contribution in [1.82, 2.24) is 9.47 Å². The molecule has 0 aliphatic carbocycles. The van der Waals surface area contributed by atoms with Crippen molar-refractivity contribution in [2.45, 2.75) is 45.6 Å². The van der Waals surface area contributed by atoms with Gasteiger partial charge in [-0.25, -0.2) is 0 Å². The lowest BCUT2D eigenvalue weighted by Crippen LogP contribution is -2.50. The molecule has 0 unspecified atom stereocenters. The fraction of sp³-hybridized carbons (Fsp3) is 0.667. The zero-order valence-corrected chi connectivity index (χ0v) is 15.0. The highest BCUT2D eigenvalue weighted by molar-refractivity contribution is 5.94. The number of methoxy groups -OCH3 is 1. The van der Waals surface area contributed by atoms with E-state index in [1.54, 1.807) is 18.1 Å². The van der Waals surface area contributed by atoms with Crippen LogP contribution in [0.2, 0.25) is 0 Å². The van der Waals surface area contributed by atoms with Crippen LogP contribution in [0, 0.1) is 5.41 Å². The Kier molecular flexibility index (Phi) is 5.38. The van der Waals surface area contributed by atoms with Gasteiger partial charge in [0.05, 0.1) is 11.0 Å². The van der Waals surface area contributed by atoms with Crippen molar-refractivity contribution in [3.63, 3.8) is 0 Å². The summed E-state index contributed by atoms with van der Waals surface area (Å²) in [5.41, 5.74) is -0.391. The quantitative estimate of drug-likeness (QED) is 0.897. The summed E-state index contributed by atoms with van der Waals surface area (Å²) in [4.78, 5) is 26.3. The Balaban J connectivity index is 2.17. The van der Waals surface area contributed by atoms with Crippen molar-refractivity contribution in [2.75, 3.05) is 26.8 Å². The van der Waals surface area contributed by atoms with Crippen molar-refractivity contribution in [1.29, 1.82) is 0 Å². The Morgan fingerprint density at radius 3 is 2.62 bits per heavy atom. The van der Waals surface area contributed by atoms with E-state index in [1.165, 1.54) is 0 Å². The summed E-state index contributed by atoms with van der Waals surface area (Å²) < 4.78 is 7.07. The summed E-state index contributed by atoms with van der Waals surface area (Å²) in [6, 6.07) is 1.81. The van der Waals surface area contributed by atoms with Crippen LogP contribution in [0.4, 0.5) is 0 Å². The molecule has 0 radical (unpaired) electrons. The molecule has 1 aromatic rings. The van der Waals surface area contributed by atoms with E-state index in [4.69, 9.17) is 4.74 Å². The summed E-state index contributed by atoms with van der Waals surface area (Å²) >= 11 is 0. The Hall–Kier alpha value is -1.82. The van der Waals surface area contributed by atoms with Crippen LogP contribution in [0.3, 0.4) is 0 Å². The van der Waals surface area contributed by atoms with Crippen LogP contribution >= 0.6 is 0 Å². The third kappa shape index (κ3) is 3.80. The predicted octanol–water partition coefficient (Wildman–Crippen LogP) is 2.59. The van der Waals surface area contributed by atoms with Crippen LogP contribution in [0.25, 0.3) is 0 Å². The molecule has 1 N–H and O–H groups in total. The molecule has 6 nitrogen and oxygen atoms in total. The predicted molar refractivity (Wildman–Crippen MR) is 91.1 cm³/mol. The summed E-state index contributed by atoms with van der Waals surface area (Å²) in [5.74, 6) is -0.940. The Morgan fingerprint density at radius 2 is 2.08 bits per heavy atom. The summed E-state index contributed by atoms with van der Waals surface area (Å²) in [5, 5.41) is 9.70. The topological polar surface area (TPSA) is 71.8 Å². The van der Waals surface area contributed by atoms with Crippen LogP contribution in [0.5, 0.6) is 0 Å². The molecule has 1 aromatic heterocycles. The molecule has 1 aliphatic rings. The summed E-state index contributed by atoms with van der Waals surface area (Å²) in [6.45, 7) is 7.44. The van der Waals surface area contributed by atoms with Gasteiger partial charge < -0.3 is 19.3 Å². The number of ether oxygens (including phenoxy) is 1. The number of hydrogen-bond donors (Lipinski definition) is 1. The van der Waals surface area contributed by atoms with Gasteiger partial charge in [-0.05, 0) is 46.1 Å². The van der Waals surface area contributed by atoms with E-state index >= 15 is 0 Å². The molecule has 0 aromatic carbocycles. The third-order valence-corrected chi connectivity index (χ3v) is 4.82. The normalized spacial score (nSPS) is 21.8. The first-order valence-corrected chi connectivity index (χ1v) is 8.40. The van der Waals surface area contributed by atoms with E-state index < -0.39 is 11.4 Å². The lowest BCUT2D eigenvalue weighted by Gasteiger charge is -2.39. The van der Waals surface area contributed by atoms with Crippen LogP contribution in [-0.4, -0.2) is 53.3 Å². The number of carbonyl (C=O) groups is 2. The van der Waals surface area contributed by atoms with Crippen molar-refractivity contribution < 1.29 is 19.4 Å². The molecule has 1 saturated heterocycles. The van der Waals surface area contributed by atoms with Crippen molar-refractivity contribution >= 4 is 11.9 Å². The fourth-order valence-electron chi connectivity index (χ4n) is 3.21. The lowest BCUT2D eigenvalue weighted by molar-refractivity contribution is -0.153. The average molecular weight is 336 g/mol. The van der Waals surface area contributed by atoms with E-state index in [9.17, 15) is 14.7 Å². The molecule has 2 rings (SSSR count). The smallest absolute Gasteiger partial charge is 0.311 e. The first-order valence-electron chi connectivity index (χ1n) is 8.40. The fourth-order valence-corrected chi connectivity index (χ4v) is 3.21. The molecule has 6 heteroatoms. The van der Waals surface area contributed by atoms with Crippen molar-refractivity contribution in [3.05, 3.63) is 24.0 Å². The van der Waals surface area contributed by atoms with Gasteiger partial charge in [0, 0.05) is 44.7 Å². The first kappa shape index (κ1) is 18.5. The van der Waals surface area contributed by atoms with E-state index in [0.29, 0.717) is 38.0 Å². The number of hydrogen-bond acceptors (Lipinski definition) is 3. The van der Waals surface area contributed by atoms with Gasteiger partial charge in [0.25, 0.3) is 5.91 Å². The zero-order chi connectivity index (χ0) is 18.0. The molecule has 0 spiro atoms. The van der Waals surface area contributed by atoms with Crippen LogP contribution < -0.4 is 0 Å². The van der Waals surface area contributed by atoms with E-state index in [-0.39, 0.29) is 18.0 Å². The molecule has 0 bridgehead atoms. The van der Waals surface area contributed by atoms with Crippen LogP contribution in [-0.2, 0) is 15.1 Å². The molecule has 134 valence electrons. The van der Waals surface area contributed by atoms with Gasteiger partial charge in [0.2, 0.25) is 0 Å². The minimum Gasteiger partial charge on any atom is -0.481 e. The zero-order valence-electron chi connectivity index (χ0n) is 15.0. The van der Waals surface area contributed by atoms with Crippen molar-refractivity contribution in [2.24, 2.45) is 5.41 Å². The SMILES string of the molecule is COCC[C@@]1(C(=O)O)CCCN(C(=O)c2ccn(C(C)(C)C)c2)C1. The number of carboxylic acids is 1. The Labute approximate surface area is 143 Å². The highest BCUT2D eigenvalue weighted by Gasteiger charge is 2.43. The number of aromatic nitrogens is 1. The van der Waals surface area contributed by atoms with Gasteiger partial charge in [-0.3, -0.25) is 9.59 Å². The molecular formula is C18H28N2O4. The molecule has 1 amide bonds. The van der Waals surface area contributed by atoms with Crippen molar-refractivity contribution in [3.8, 4) is 0 Å². The lowest BCUT2D eigenvalue weighted by atomic mass is 9.77. The molecule has 0 saturated carbocycles. The molecule has 24 heavy (non-hydrogen) atoms. The second-order valence-electron chi connectivity index (χ2n) is 7.64. The minimum absolute atomic E-state index is 0.0935. The number of carbonyl (C=O) groups excluding carboxylic acids is 1. The van der Waals surface area contributed by atoms with Gasteiger partial charge in [0.1, 0.15) is 0 Å². The van der Waals surface area contributed by atoms with E-state index in [2.05, 4.69) is 20.8 Å². The monoisotopic (exact) mass is 336 g/mol. The first-order chi connectivity index (χ1) is 11.2. The highest BCUT2D eigenvalue weighted by atomic mass is 16.5. The van der Waals surface area contributed by atoms with Gasteiger partial charge in [-0.2, -0.15) is 0 Å². The second-order valence-corrected chi connectivity index (χ2v) is 7.64. The summed E-state index contributed by atoms with van der Waals surface area (Å²) in [6.07, 6.45) is 5.44. The second kappa shape index (κ2) is 6.97. The number of likely N-dealkylation sites (tertiary alicyclic amines) is 1. The van der Waals surface area contributed by atoms with Gasteiger partial charge in [0.15, 0.2) is 0 Å². The maximum Gasteiger partial charge on any atom is 0.311 e. The number of carboxylic acid groups (broad SMARTS) is 1.